The summed E-state index contributed by atoms with van der Waals surface area (Å²) in [6.45, 7) is 3.72. The molecule has 114 valence electrons. The molecule has 0 fully saturated rings. The second-order valence-electron chi connectivity index (χ2n) is 4.85. The largest absolute Gasteiger partial charge is 0.312 e. The molecule has 1 heterocycles. The van der Waals surface area contributed by atoms with Gasteiger partial charge in [-0.05, 0) is 43.7 Å². The molecule has 1 N–H and O–H groups in total. The van der Waals surface area contributed by atoms with Crippen LogP contribution in [0.3, 0.4) is 0 Å². The van der Waals surface area contributed by atoms with Crippen LogP contribution in [-0.2, 0) is 9.84 Å². The van der Waals surface area contributed by atoms with E-state index in [4.69, 9.17) is 5.26 Å². The maximum atomic E-state index is 12.2. The predicted molar refractivity (Wildman–Crippen MR) is 86.0 cm³/mol. The Kier molecular flexibility index (Phi) is 4.35. The zero-order chi connectivity index (χ0) is 16.5. The quantitative estimate of drug-likeness (QED) is 0.935. The van der Waals surface area contributed by atoms with Crippen molar-refractivity contribution in [3.8, 4) is 6.07 Å². The van der Waals surface area contributed by atoms with Crippen molar-refractivity contribution in [2.45, 2.75) is 18.7 Å². The Balaban J connectivity index is 2.27. The van der Waals surface area contributed by atoms with Gasteiger partial charge in [0, 0.05) is 16.7 Å². The molecule has 7 heteroatoms. The van der Waals surface area contributed by atoms with E-state index in [1.54, 1.807) is 0 Å². The van der Waals surface area contributed by atoms with Crippen LogP contribution >= 0.6 is 11.3 Å². The Morgan fingerprint density at radius 2 is 1.82 bits per heavy atom. The number of nitrogens with one attached hydrogen (secondary N) is 1. The molecule has 0 spiro atoms. The maximum absolute atomic E-state index is 12.2. The summed E-state index contributed by atoms with van der Waals surface area (Å²) in [5.41, 5.74) is 1.65. The topological polar surface area (TPSA) is 87.0 Å². The highest BCUT2D eigenvalue weighted by Crippen LogP contribution is 2.31. The zero-order valence-electron chi connectivity index (χ0n) is 12.3. The van der Waals surface area contributed by atoms with Crippen molar-refractivity contribution in [3.63, 3.8) is 0 Å². The molecule has 0 aliphatic carbocycles. The molecule has 0 aliphatic rings. The van der Waals surface area contributed by atoms with Crippen molar-refractivity contribution in [2.75, 3.05) is 11.6 Å². The number of sulfone groups is 1. The highest BCUT2D eigenvalue weighted by atomic mass is 32.2. The zero-order valence-corrected chi connectivity index (χ0v) is 13.9. The minimum Gasteiger partial charge on any atom is -0.312 e. The van der Waals surface area contributed by atoms with E-state index in [1.165, 1.54) is 35.6 Å². The van der Waals surface area contributed by atoms with E-state index in [1.807, 2.05) is 13.8 Å². The number of aryl methyl sites for hydroxylation is 1. The van der Waals surface area contributed by atoms with Gasteiger partial charge in [0.05, 0.1) is 10.5 Å². The van der Waals surface area contributed by atoms with Crippen LogP contribution in [0.5, 0.6) is 0 Å². The van der Waals surface area contributed by atoms with Crippen molar-refractivity contribution in [1.29, 1.82) is 5.26 Å². The predicted octanol–water partition coefficient (Wildman–Crippen LogP) is 2.89. The van der Waals surface area contributed by atoms with Gasteiger partial charge in [-0.3, -0.25) is 4.79 Å². The number of rotatable bonds is 3. The summed E-state index contributed by atoms with van der Waals surface area (Å²) in [4.78, 5) is 13.3. The van der Waals surface area contributed by atoms with Gasteiger partial charge in [0.2, 0.25) is 0 Å². The van der Waals surface area contributed by atoms with E-state index in [0.717, 1.165) is 16.7 Å². The molecule has 0 aliphatic heterocycles. The lowest BCUT2D eigenvalue weighted by Gasteiger charge is -2.04. The number of amides is 1. The van der Waals surface area contributed by atoms with Crippen molar-refractivity contribution in [1.82, 2.24) is 0 Å². The fraction of sp³-hybridized carbons (Fsp3) is 0.200. The van der Waals surface area contributed by atoms with Gasteiger partial charge in [-0.1, -0.05) is 0 Å². The second-order valence-corrected chi connectivity index (χ2v) is 8.09. The molecule has 5 nitrogen and oxygen atoms in total. The summed E-state index contributed by atoms with van der Waals surface area (Å²) in [5, 5.41) is 12.4. The Morgan fingerprint density at radius 3 is 2.32 bits per heavy atom. The van der Waals surface area contributed by atoms with Crippen LogP contribution in [0.4, 0.5) is 5.00 Å². The molecule has 0 atom stereocenters. The molecule has 1 aromatic heterocycles. The third kappa shape index (κ3) is 3.18. The van der Waals surface area contributed by atoms with Crippen LogP contribution < -0.4 is 5.32 Å². The normalized spacial score (nSPS) is 11.0. The van der Waals surface area contributed by atoms with E-state index in [9.17, 15) is 13.2 Å². The summed E-state index contributed by atoms with van der Waals surface area (Å²) in [7, 11) is -3.29. The van der Waals surface area contributed by atoms with E-state index in [2.05, 4.69) is 11.4 Å². The first-order valence-corrected chi connectivity index (χ1v) is 9.06. The second kappa shape index (κ2) is 5.91. The molecule has 2 aromatic rings. The molecule has 0 bridgehead atoms. The Labute approximate surface area is 133 Å². The molecule has 0 saturated carbocycles. The lowest BCUT2D eigenvalue weighted by molar-refractivity contribution is 0.102. The lowest BCUT2D eigenvalue weighted by Crippen LogP contribution is -2.12. The van der Waals surface area contributed by atoms with Crippen molar-refractivity contribution in [3.05, 3.63) is 45.8 Å². The number of thiophene rings is 1. The third-order valence-electron chi connectivity index (χ3n) is 3.27. The van der Waals surface area contributed by atoms with E-state index in [0.29, 0.717) is 16.1 Å². The summed E-state index contributed by atoms with van der Waals surface area (Å²) in [6.07, 6.45) is 1.11. The Hall–Kier alpha value is -2.17. The van der Waals surface area contributed by atoms with Gasteiger partial charge in [0.25, 0.3) is 5.91 Å². The maximum Gasteiger partial charge on any atom is 0.256 e. The lowest BCUT2D eigenvalue weighted by atomic mass is 10.2. The number of nitrogens with zero attached hydrogens (tertiary/aromatic N) is 1. The molecule has 22 heavy (non-hydrogen) atoms. The first-order chi connectivity index (χ1) is 10.2. The van der Waals surface area contributed by atoms with Crippen LogP contribution in [0.1, 0.15) is 26.4 Å². The Morgan fingerprint density at radius 1 is 1.23 bits per heavy atom. The summed E-state index contributed by atoms with van der Waals surface area (Å²) in [5.74, 6) is -0.377. The standard InChI is InChI=1S/C15H14N2O3S2/c1-9-10(2)21-15(13(9)8-16)17-14(18)11-4-6-12(7-5-11)22(3,19)20/h4-7H,1-3H3,(H,17,18). The summed E-state index contributed by atoms with van der Waals surface area (Å²) < 4.78 is 22.8. The van der Waals surface area contributed by atoms with Gasteiger partial charge >= 0.3 is 0 Å². The van der Waals surface area contributed by atoms with Crippen molar-refractivity contribution >= 4 is 32.1 Å². The molecule has 1 aromatic carbocycles. The number of nitriles is 1. The first-order valence-electron chi connectivity index (χ1n) is 6.35. The average Bonchev–Trinajstić information content (AvgIpc) is 2.72. The number of hydrogen-bond donors (Lipinski definition) is 1. The molecule has 0 saturated heterocycles. The molecule has 1 amide bonds. The number of carbonyl (C=O) groups excluding carboxylic acids is 1. The highest BCUT2D eigenvalue weighted by molar-refractivity contribution is 7.90. The molecular formula is C15H14N2O3S2. The van der Waals surface area contributed by atoms with Crippen molar-refractivity contribution in [2.24, 2.45) is 0 Å². The number of hydrogen-bond acceptors (Lipinski definition) is 5. The molecule has 2 rings (SSSR count). The van der Waals surface area contributed by atoms with Crippen LogP contribution in [0.15, 0.2) is 29.2 Å². The minimum absolute atomic E-state index is 0.157. The van der Waals surface area contributed by atoms with Gasteiger partial charge in [-0.2, -0.15) is 5.26 Å². The summed E-state index contributed by atoms with van der Waals surface area (Å²) in [6, 6.07) is 7.76. The van der Waals surface area contributed by atoms with Crippen LogP contribution in [0.25, 0.3) is 0 Å². The minimum atomic E-state index is -3.29. The van der Waals surface area contributed by atoms with Gasteiger partial charge in [0.15, 0.2) is 9.84 Å². The van der Waals surface area contributed by atoms with Crippen LogP contribution in [0, 0.1) is 25.2 Å². The summed E-state index contributed by atoms with van der Waals surface area (Å²) >= 11 is 1.35. The van der Waals surface area contributed by atoms with E-state index < -0.39 is 9.84 Å². The third-order valence-corrected chi connectivity index (χ3v) is 5.52. The SMILES string of the molecule is Cc1sc(NC(=O)c2ccc(S(C)(=O)=O)cc2)c(C#N)c1C. The van der Waals surface area contributed by atoms with Gasteiger partial charge in [-0.15, -0.1) is 11.3 Å². The van der Waals surface area contributed by atoms with Gasteiger partial charge < -0.3 is 5.32 Å². The molecule has 0 unspecified atom stereocenters. The van der Waals surface area contributed by atoms with Gasteiger partial charge in [-0.25, -0.2) is 8.42 Å². The first kappa shape index (κ1) is 16.2. The smallest absolute Gasteiger partial charge is 0.256 e. The Bertz CT molecular complexity index is 873. The molecular weight excluding hydrogens is 320 g/mol. The fourth-order valence-corrected chi connectivity index (χ4v) is 3.51. The van der Waals surface area contributed by atoms with Crippen molar-refractivity contribution < 1.29 is 13.2 Å². The van der Waals surface area contributed by atoms with Gasteiger partial charge in [0.1, 0.15) is 11.1 Å². The molecule has 0 radical (unpaired) electrons. The average molecular weight is 334 g/mol. The number of anilines is 1. The number of carbonyl (C=O) groups is 1. The van der Waals surface area contributed by atoms with Crippen LogP contribution in [-0.4, -0.2) is 20.6 Å². The van der Waals surface area contributed by atoms with E-state index >= 15 is 0 Å². The monoisotopic (exact) mass is 334 g/mol. The fourth-order valence-electron chi connectivity index (χ4n) is 1.88. The highest BCUT2D eigenvalue weighted by Gasteiger charge is 2.16. The number of benzene rings is 1. The van der Waals surface area contributed by atoms with E-state index in [-0.39, 0.29) is 10.8 Å². The van der Waals surface area contributed by atoms with Crippen LogP contribution in [0.2, 0.25) is 0 Å².